The normalized spacial score (nSPS) is 11.6. The molecular weight excluding hydrogens is 813 g/mol. The summed E-state index contributed by atoms with van der Waals surface area (Å²) >= 11 is 0. The van der Waals surface area contributed by atoms with E-state index in [0.29, 0.717) is 0 Å². The second-order valence-electron chi connectivity index (χ2n) is 17.3. The number of hydrogen-bond donors (Lipinski definition) is 0. The number of rotatable bonds is 8. The zero-order valence-corrected chi connectivity index (χ0v) is 36.6. The van der Waals surface area contributed by atoms with Gasteiger partial charge in [-0.1, -0.05) is 170 Å². The van der Waals surface area contributed by atoms with E-state index < -0.39 is 0 Å². The number of benzene rings is 11. The van der Waals surface area contributed by atoms with Gasteiger partial charge >= 0.3 is 0 Å². The Morgan fingerprint density at radius 3 is 1.45 bits per heavy atom. The minimum absolute atomic E-state index is 0.896. The van der Waals surface area contributed by atoms with Crippen LogP contribution in [0.25, 0.3) is 105 Å². The summed E-state index contributed by atoms with van der Waals surface area (Å²) < 4.78 is 8.69. The monoisotopic (exact) mass is 854 g/mol. The third-order valence-corrected chi connectivity index (χ3v) is 13.4. The molecule has 0 spiro atoms. The van der Waals surface area contributed by atoms with Gasteiger partial charge in [-0.2, -0.15) is 0 Å². The van der Waals surface area contributed by atoms with Gasteiger partial charge in [-0.15, -0.1) is 0 Å². The van der Waals surface area contributed by atoms with E-state index in [9.17, 15) is 0 Å². The van der Waals surface area contributed by atoms with E-state index >= 15 is 0 Å². The molecule has 0 atom stereocenters. The Morgan fingerprint density at radius 1 is 0.284 bits per heavy atom. The van der Waals surface area contributed by atoms with Gasteiger partial charge in [0.05, 0.1) is 11.0 Å². The van der Waals surface area contributed by atoms with Crippen LogP contribution in [0.3, 0.4) is 0 Å². The SMILES string of the molecule is c1cc(-c2ccc(N(c3ccc(-c4ccc5ccccc5c4)cc3)c3ccc(-c4ccccc4-c4ccc5c(c4)oc4ccccc45)cc3)cc2)cc(-n2c3ccccc3c3ccccc32)c1. The van der Waals surface area contributed by atoms with Crippen molar-refractivity contribution in [2.75, 3.05) is 4.90 Å². The van der Waals surface area contributed by atoms with Crippen LogP contribution in [0.2, 0.25) is 0 Å². The van der Waals surface area contributed by atoms with Crippen LogP contribution in [0, 0.1) is 0 Å². The van der Waals surface area contributed by atoms with Crippen molar-refractivity contribution in [3.05, 3.63) is 255 Å². The molecule has 2 aromatic heterocycles. The standard InChI is InChI=1S/C64H42N2O/c1-2-13-47-40-49(25-24-43(47)12-1)45-28-35-52(36-29-45)65(51-33-26-44(27-34-51)48-14-11-15-54(41-48)66-61-21-8-5-18-57(61)58-19-6-9-22-62(58)66)53-37-30-46(31-38-53)55-16-3-4-17-56(55)50-32-39-60-59-20-7-10-23-63(59)67-64(60)42-50/h1-42H. The molecule has 0 N–H and O–H groups in total. The fourth-order valence-corrected chi connectivity index (χ4v) is 10.1. The topological polar surface area (TPSA) is 21.3 Å². The van der Waals surface area contributed by atoms with Crippen molar-refractivity contribution in [3.8, 4) is 50.2 Å². The molecule has 0 aliphatic rings. The Morgan fingerprint density at radius 2 is 0.776 bits per heavy atom. The summed E-state index contributed by atoms with van der Waals surface area (Å²) in [5, 5.41) is 7.28. The van der Waals surface area contributed by atoms with Gasteiger partial charge in [0.1, 0.15) is 11.2 Å². The Labute approximate surface area is 388 Å². The average Bonchev–Trinajstić information content (AvgIpc) is 3.95. The number of hydrogen-bond acceptors (Lipinski definition) is 2. The second-order valence-corrected chi connectivity index (χ2v) is 17.3. The summed E-state index contributed by atoms with van der Waals surface area (Å²) in [5.41, 5.74) is 17.9. The summed E-state index contributed by atoms with van der Waals surface area (Å²) in [6.07, 6.45) is 0. The summed E-state index contributed by atoms with van der Waals surface area (Å²) in [6.45, 7) is 0. The second kappa shape index (κ2) is 16.0. The van der Waals surface area contributed by atoms with Crippen molar-refractivity contribution in [1.29, 1.82) is 0 Å². The molecule has 0 saturated carbocycles. The van der Waals surface area contributed by atoms with E-state index in [0.717, 1.165) is 66.9 Å². The van der Waals surface area contributed by atoms with Crippen LogP contribution < -0.4 is 4.90 Å². The van der Waals surface area contributed by atoms with Crippen LogP contribution in [0.4, 0.5) is 17.1 Å². The first kappa shape index (κ1) is 38.5. The fraction of sp³-hybridized carbons (Fsp3) is 0. The molecule has 0 amide bonds. The van der Waals surface area contributed by atoms with Crippen LogP contribution in [-0.2, 0) is 0 Å². The molecule has 0 fully saturated rings. The quantitative estimate of drug-likeness (QED) is 0.152. The number of aromatic nitrogens is 1. The molecule has 0 aliphatic heterocycles. The van der Waals surface area contributed by atoms with Crippen molar-refractivity contribution in [2.45, 2.75) is 0 Å². The molecule has 0 saturated heterocycles. The molecular formula is C64H42N2O. The van der Waals surface area contributed by atoms with Gasteiger partial charge in [0.15, 0.2) is 0 Å². The molecule has 0 bridgehead atoms. The van der Waals surface area contributed by atoms with Crippen molar-refractivity contribution in [3.63, 3.8) is 0 Å². The van der Waals surface area contributed by atoms with Gasteiger partial charge in [-0.25, -0.2) is 0 Å². The fourth-order valence-electron chi connectivity index (χ4n) is 10.1. The van der Waals surface area contributed by atoms with Crippen LogP contribution in [-0.4, -0.2) is 4.57 Å². The lowest BCUT2D eigenvalue weighted by Gasteiger charge is -2.26. The molecule has 0 unspecified atom stereocenters. The van der Waals surface area contributed by atoms with Gasteiger partial charge < -0.3 is 13.9 Å². The largest absolute Gasteiger partial charge is 0.456 e. The third-order valence-electron chi connectivity index (χ3n) is 13.4. The number of nitrogens with zero attached hydrogens (tertiary/aromatic N) is 2. The summed E-state index contributed by atoms with van der Waals surface area (Å²) in [7, 11) is 0. The minimum Gasteiger partial charge on any atom is -0.456 e. The van der Waals surface area contributed by atoms with E-state index in [1.165, 1.54) is 54.8 Å². The molecule has 3 heteroatoms. The highest BCUT2D eigenvalue weighted by molar-refractivity contribution is 6.09. The summed E-state index contributed by atoms with van der Waals surface area (Å²) in [6, 6.07) is 91.9. The maximum atomic E-state index is 6.31. The zero-order chi connectivity index (χ0) is 44.3. The smallest absolute Gasteiger partial charge is 0.136 e. The lowest BCUT2D eigenvalue weighted by Crippen LogP contribution is -2.09. The van der Waals surface area contributed by atoms with Crippen LogP contribution in [0.15, 0.2) is 259 Å². The lowest BCUT2D eigenvalue weighted by atomic mass is 9.94. The molecule has 67 heavy (non-hydrogen) atoms. The first-order chi connectivity index (χ1) is 33.2. The highest BCUT2D eigenvalue weighted by atomic mass is 16.3. The van der Waals surface area contributed by atoms with E-state index in [-0.39, 0.29) is 0 Å². The Bertz CT molecular complexity index is 3920. The molecule has 13 aromatic rings. The van der Waals surface area contributed by atoms with Crippen molar-refractivity contribution < 1.29 is 4.42 Å². The summed E-state index contributed by atoms with van der Waals surface area (Å²) in [5.74, 6) is 0. The van der Waals surface area contributed by atoms with Gasteiger partial charge in [-0.05, 0) is 140 Å². The number of fused-ring (bicyclic) bond motifs is 7. The first-order valence-corrected chi connectivity index (χ1v) is 22.9. The Hall–Kier alpha value is -8.92. The van der Waals surface area contributed by atoms with Gasteiger partial charge in [0.2, 0.25) is 0 Å². The van der Waals surface area contributed by atoms with E-state index in [2.05, 4.69) is 252 Å². The van der Waals surface area contributed by atoms with Gasteiger partial charge in [0.25, 0.3) is 0 Å². The molecule has 11 aromatic carbocycles. The van der Waals surface area contributed by atoms with Crippen molar-refractivity contribution in [2.24, 2.45) is 0 Å². The van der Waals surface area contributed by atoms with E-state index in [1.807, 2.05) is 12.1 Å². The first-order valence-electron chi connectivity index (χ1n) is 22.9. The number of anilines is 3. The lowest BCUT2D eigenvalue weighted by molar-refractivity contribution is 0.669. The molecule has 0 aliphatic carbocycles. The zero-order valence-electron chi connectivity index (χ0n) is 36.6. The molecule has 3 nitrogen and oxygen atoms in total. The highest BCUT2D eigenvalue weighted by Gasteiger charge is 2.17. The Kier molecular flexibility index (Phi) is 9.17. The van der Waals surface area contributed by atoms with Gasteiger partial charge in [0, 0.05) is 44.3 Å². The highest BCUT2D eigenvalue weighted by Crippen LogP contribution is 2.41. The Balaban J connectivity index is 0.869. The molecule has 2 heterocycles. The van der Waals surface area contributed by atoms with Crippen LogP contribution in [0.5, 0.6) is 0 Å². The molecule has 0 radical (unpaired) electrons. The van der Waals surface area contributed by atoms with E-state index in [4.69, 9.17) is 4.42 Å². The third kappa shape index (κ3) is 6.76. The summed E-state index contributed by atoms with van der Waals surface area (Å²) in [4.78, 5) is 2.35. The minimum atomic E-state index is 0.896. The number of para-hydroxylation sites is 3. The van der Waals surface area contributed by atoms with E-state index in [1.54, 1.807) is 0 Å². The molecule has 13 rings (SSSR count). The predicted octanol–water partition coefficient (Wildman–Crippen LogP) is 18.0. The molecule has 314 valence electrons. The number of furan rings is 1. The maximum Gasteiger partial charge on any atom is 0.136 e. The maximum absolute atomic E-state index is 6.31. The van der Waals surface area contributed by atoms with Crippen molar-refractivity contribution in [1.82, 2.24) is 4.57 Å². The van der Waals surface area contributed by atoms with Crippen LogP contribution >= 0.6 is 0 Å². The van der Waals surface area contributed by atoms with Gasteiger partial charge in [-0.3, -0.25) is 0 Å². The predicted molar refractivity (Wildman–Crippen MR) is 282 cm³/mol. The van der Waals surface area contributed by atoms with Crippen LogP contribution in [0.1, 0.15) is 0 Å². The van der Waals surface area contributed by atoms with Crippen molar-refractivity contribution >= 4 is 71.6 Å². The average molecular weight is 855 g/mol.